The van der Waals surface area contributed by atoms with Gasteiger partial charge in [0.1, 0.15) is 5.56 Å². The van der Waals surface area contributed by atoms with Crippen molar-refractivity contribution in [3.05, 3.63) is 77.1 Å². The highest BCUT2D eigenvalue weighted by Gasteiger charge is 2.18. The van der Waals surface area contributed by atoms with Crippen LogP contribution in [-0.2, 0) is 6.54 Å². The average molecular weight is 336 g/mol. The Labute approximate surface area is 146 Å². The zero-order chi connectivity index (χ0) is 17.8. The van der Waals surface area contributed by atoms with Crippen molar-refractivity contribution >= 4 is 5.97 Å². The molecule has 5 heteroatoms. The van der Waals surface area contributed by atoms with Crippen LogP contribution in [0.2, 0.25) is 0 Å². The van der Waals surface area contributed by atoms with E-state index in [2.05, 4.69) is 5.10 Å². The molecule has 3 rings (SSSR count). The molecule has 0 aliphatic heterocycles. The Morgan fingerprint density at radius 1 is 1.08 bits per heavy atom. The first-order chi connectivity index (χ1) is 12.1. The quantitative estimate of drug-likeness (QED) is 0.526. The van der Waals surface area contributed by atoms with Crippen molar-refractivity contribution in [3.8, 4) is 11.5 Å². The van der Waals surface area contributed by atoms with Crippen LogP contribution in [0.15, 0.2) is 54.7 Å². The van der Waals surface area contributed by atoms with Crippen LogP contribution in [0, 0.1) is 13.8 Å². The van der Waals surface area contributed by atoms with Crippen molar-refractivity contribution < 1.29 is 14.3 Å². The van der Waals surface area contributed by atoms with Crippen LogP contribution in [0.25, 0.3) is 0 Å². The van der Waals surface area contributed by atoms with E-state index < -0.39 is 5.97 Å². The molecule has 5 nitrogen and oxygen atoms in total. The number of nitrogens with zero attached hydrogens (tertiary/aromatic N) is 2. The molecule has 25 heavy (non-hydrogen) atoms. The SMILES string of the molecule is COc1cc(C)ccc1OC(=O)c1cnn(Cc2ccccc2)c1C. The summed E-state index contributed by atoms with van der Waals surface area (Å²) in [6.07, 6.45) is 1.54. The predicted octanol–water partition coefficient (Wildman–Crippen LogP) is 3.78. The van der Waals surface area contributed by atoms with Crippen LogP contribution >= 0.6 is 0 Å². The summed E-state index contributed by atoms with van der Waals surface area (Å²) < 4.78 is 12.6. The number of carbonyl (C=O) groups excluding carboxylic acids is 1. The molecule has 0 aliphatic carbocycles. The summed E-state index contributed by atoms with van der Waals surface area (Å²) in [5.74, 6) is 0.481. The normalized spacial score (nSPS) is 10.5. The lowest BCUT2D eigenvalue weighted by molar-refractivity contribution is 0.0729. The first kappa shape index (κ1) is 16.8. The predicted molar refractivity (Wildman–Crippen MR) is 95.2 cm³/mol. The van der Waals surface area contributed by atoms with Gasteiger partial charge in [0.25, 0.3) is 0 Å². The molecular weight excluding hydrogens is 316 g/mol. The number of hydrogen-bond donors (Lipinski definition) is 0. The highest BCUT2D eigenvalue weighted by molar-refractivity contribution is 5.92. The van der Waals surface area contributed by atoms with E-state index in [0.29, 0.717) is 23.6 Å². The van der Waals surface area contributed by atoms with Gasteiger partial charge in [-0.1, -0.05) is 36.4 Å². The van der Waals surface area contributed by atoms with Crippen LogP contribution in [0.3, 0.4) is 0 Å². The van der Waals surface area contributed by atoms with Gasteiger partial charge in [-0.25, -0.2) is 4.79 Å². The van der Waals surface area contributed by atoms with Crippen molar-refractivity contribution in [2.45, 2.75) is 20.4 Å². The molecule has 0 amide bonds. The molecule has 0 N–H and O–H groups in total. The highest BCUT2D eigenvalue weighted by atomic mass is 16.6. The fourth-order valence-corrected chi connectivity index (χ4v) is 2.58. The molecular formula is C20H20N2O3. The summed E-state index contributed by atoms with van der Waals surface area (Å²) in [5.41, 5.74) is 3.36. The van der Waals surface area contributed by atoms with E-state index in [1.807, 2.05) is 56.3 Å². The molecule has 1 heterocycles. The maximum absolute atomic E-state index is 12.5. The largest absolute Gasteiger partial charge is 0.493 e. The Bertz CT molecular complexity index is 885. The van der Waals surface area contributed by atoms with Gasteiger partial charge in [-0.15, -0.1) is 0 Å². The summed E-state index contributed by atoms with van der Waals surface area (Å²) in [4.78, 5) is 12.5. The Morgan fingerprint density at radius 2 is 1.84 bits per heavy atom. The number of esters is 1. The molecule has 1 aromatic heterocycles. The van der Waals surface area contributed by atoms with E-state index in [-0.39, 0.29) is 0 Å². The lowest BCUT2D eigenvalue weighted by Gasteiger charge is -2.10. The zero-order valence-electron chi connectivity index (χ0n) is 14.5. The number of carbonyl (C=O) groups is 1. The Balaban J connectivity index is 1.79. The fourth-order valence-electron chi connectivity index (χ4n) is 2.58. The minimum absolute atomic E-state index is 0.397. The van der Waals surface area contributed by atoms with Crippen LogP contribution in [0.4, 0.5) is 0 Å². The van der Waals surface area contributed by atoms with Crippen molar-refractivity contribution in [1.82, 2.24) is 9.78 Å². The van der Waals surface area contributed by atoms with Gasteiger partial charge in [0.05, 0.1) is 25.5 Å². The third-order valence-electron chi connectivity index (χ3n) is 4.02. The van der Waals surface area contributed by atoms with Crippen LogP contribution in [-0.4, -0.2) is 22.9 Å². The second-order valence-corrected chi connectivity index (χ2v) is 5.83. The van der Waals surface area contributed by atoms with Crippen LogP contribution in [0.1, 0.15) is 27.2 Å². The van der Waals surface area contributed by atoms with E-state index in [9.17, 15) is 4.79 Å². The number of aryl methyl sites for hydroxylation is 1. The molecule has 0 fully saturated rings. The molecule has 2 aromatic carbocycles. The second-order valence-electron chi connectivity index (χ2n) is 5.83. The van der Waals surface area contributed by atoms with E-state index in [1.165, 1.54) is 0 Å². The lowest BCUT2D eigenvalue weighted by Crippen LogP contribution is -2.11. The van der Waals surface area contributed by atoms with Gasteiger partial charge in [0.2, 0.25) is 0 Å². The maximum atomic E-state index is 12.5. The topological polar surface area (TPSA) is 53.4 Å². The molecule has 0 unspecified atom stereocenters. The number of ether oxygens (including phenoxy) is 2. The molecule has 0 spiro atoms. The van der Waals surface area contributed by atoms with E-state index in [1.54, 1.807) is 24.1 Å². The number of hydrogen-bond acceptors (Lipinski definition) is 4. The fraction of sp³-hybridized carbons (Fsp3) is 0.200. The van der Waals surface area contributed by atoms with Gasteiger partial charge in [-0.3, -0.25) is 4.68 Å². The number of aromatic nitrogens is 2. The minimum atomic E-state index is -0.445. The van der Waals surface area contributed by atoms with E-state index in [4.69, 9.17) is 9.47 Å². The van der Waals surface area contributed by atoms with Gasteiger partial charge in [0.15, 0.2) is 11.5 Å². The van der Waals surface area contributed by atoms with Crippen molar-refractivity contribution in [2.75, 3.05) is 7.11 Å². The van der Waals surface area contributed by atoms with Gasteiger partial charge in [-0.2, -0.15) is 5.10 Å². The zero-order valence-corrected chi connectivity index (χ0v) is 14.5. The molecule has 0 aliphatic rings. The Hall–Kier alpha value is -3.08. The van der Waals surface area contributed by atoms with Crippen molar-refractivity contribution in [1.29, 1.82) is 0 Å². The number of methoxy groups -OCH3 is 1. The van der Waals surface area contributed by atoms with Crippen molar-refractivity contribution in [2.24, 2.45) is 0 Å². The molecule has 3 aromatic rings. The molecule has 0 saturated carbocycles. The highest BCUT2D eigenvalue weighted by Crippen LogP contribution is 2.28. The van der Waals surface area contributed by atoms with Gasteiger partial charge < -0.3 is 9.47 Å². The Morgan fingerprint density at radius 3 is 2.56 bits per heavy atom. The van der Waals surface area contributed by atoms with E-state index >= 15 is 0 Å². The summed E-state index contributed by atoms with van der Waals surface area (Å²) in [7, 11) is 1.55. The number of rotatable bonds is 5. The van der Waals surface area contributed by atoms with Gasteiger partial charge in [0, 0.05) is 0 Å². The van der Waals surface area contributed by atoms with Crippen molar-refractivity contribution in [3.63, 3.8) is 0 Å². The third-order valence-corrected chi connectivity index (χ3v) is 4.02. The summed E-state index contributed by atoms with van der Waals surface area (Å²) in [5, 5.41) is 4.31. The monoisotopic (exact) mass is 336 g/mol. The lowest BCUT2D eigenvalue weighted by atomic mass is 10.2. The molecule has 0 atom stereocenters. The van der Waals surface area contributed by atoms with Gasteiger partial charge >= 0.3 is 5.97 Å². The standard InChI is InChI=1S/C20H20N2O3/c1-14-9-10-18(19(11-14)24-3)25-20(23)17-12-21-22(15(17)2)13-16-7-5-4-6-8-16/h4-12H,13H2,1-3H3. The molecule has 128 valence electrons. The van der Waals surface area contributed by atoms with E-state index in [0.717, 1.165) is 16.8 Å². The minimum Gasteiger partial charge on any atom is -0.493 e. The summed E-state index contributed by atoms with van der Waals surface area (Å²) in [6, 6.07) is 15.4. The molecule has 0 bridgehead atoms. The second kappa shape index (κ2) is 7.21. The van der Waals surface area contributed by atoms with Gasteiger partial charge in [-0.05, 0) is 37.1 Å². The smallest absolute Gasteiger partial charge is 0.347 e. The average Bonchev–Trinajstić information content (AvgIpc) is 2.98. The first-order valence-electron chi connectivity index (χ1n) is 8.01. The molecule has 0 saturated heterocycles. The summed E-state index contributed by atoms with van der Waals surface area (Å²) >= 11 is 0. The van der Waals surface area contributed by atoms with Crippen LogP contribution < -0.4 is 9.47 Å². The Kier molecular flexibility index (Phi) is 4.84. The summed E-state index contributed by atoms with van der Waals surface area (Å²) in [6.45, 7) is 4.42. The maximum Gasteiger partial charge on any atom is 0.347 e. The molecule has 0 radical (unpaired) electrons. The van der Waals surface area contributed by atoms with Crippen LogP contribution in [0.5, 0.6) is 11.5 Å². The third kappa shape index (κ3) is 3.71. The first-order valence-corrected chi connectivity index (χ1v) is 8.01. The number of benzene rings is 2.